The minimum Gasteiger partial charge on any atom is -0.393 e. The van der Waals surface area contributed by atoms with Crippen molar-refractivity contribution in [3.05, 3.63) is 52.1 Å². The van der Waals surface area contributed by atoms with E-state index >= 15 is 0 Å². The predicted octanol–water partition coefficient (Wildman–Crippen LogP) is 2.45. The van der Waals surface area contributed by atoms with E-state index in [2.05, 4.69) is 15.3 Å². The molecule has 0 radical (unpaired) electrons. The van der Waals surface area contributed by atoms with Crippen LogP contribution in [0.4, 0.5) is 5.95 Å². The molecule has 2 N–H and O–H groups in total. The van der Waals surface area contributed by atoms with E-state index in [-0.39, 0.29) is 5.56 Å². The zero-order valence-corrected chi connectivity index (χ0v) is 16.5. The van der Waals surface area contributed by atoms with Crippen LogP contribution in [0.3, 0.4) is 0 Å². The zero-order chi connectivity index (χ0) is 19.8. The molecule has 0 spiro atoms. The van der Waals surface area contributed by atoms with E-state index in [1.165, 1.54) is 4.57 Å². The Bertz CT molecular complexity index is 1000. The summed E-state index contributed by atoms with van der Waals surface area (Å²) >= 11 is 0. The van der Waals surface area contributed by atoms with Gasteiger partial charge in [0.1, 0.15) is 5.82 Å². The number of imidazole rings is 1. The number of hydrogen-bond donors (Lipinski definition) is 2. The number of anilines is 1. The van der Waals surface area contributed by atoms with E-state index in [9.17, 15) is 9.90 Å². The molecular formula is C20H27N5O2. The molecule has 0 aliphatic carbocycles. The zero-order valence-electron chi connectivity index (χ0n) is 16.5. The molecule has 0 unspecified atom stereocenters. The van der Waals surface area contributed by atoms with E-state index in [4.69, 9.17) is 0 Å². The summed E-state index contributed by atoms with van der Waals surface area (Å²) in [5, 5.41) is 13.0. The molecule has 0 amide bonds. The Morgan fingerprint density at radius 3 is 2.52 bits per heavy atom. The average Bonchev–Trinajstić information content (AvgIpc) is 2.87. The molecule has 1 aromatic carbocycles. The maximum Gasteiger partial charge on any atom is 0.280 e. The van der Waals surface area contributed by atoms with Gasteiger partial charge in [-0.05, 0) is 39.7 Å². The SMILES string of the molecule is Cc1nc2nc(NC(C)(C)C[C@@H](C)O)n(C)c(=O)c2n1Cc1ccccc1. The van der Waals surface area contributed by atoms with Crippen molar-refractivity contribution >= 4 is 17.1 Å². The molecular weight excluding hydrogens is 342 g/mol. The van der Waals surface area contributed by atoms with Crippen LogP contribution in [0.1, 0.15) is 38.6 Å². The summed E-state index contributed by atoms with van der Waals surface area (Å²) in [6.07, 6.45) is 0.0723. The lowest BCUT2D eigenvalue weighted by atomic mass is 9.98. The molecule has 144 valence electrons. The van der Waals surface area contributed by atoms with Crippen LogP contribution in [0.2, 0.25) is 0 Å². The third-order valence-corrected chi connectivity index (χ3v) is 4.62. The standard InChI is InChI=1S/C20H27N5O2/c1-13(26)11-20(3,4)23-19-22-17-16(18(27)24(19)5)25(14(2)21-17)12-15-9-7-6-8-10-15/h6-10,13,26H,11-12H2,1-5H3,(H,22,23)/t13-/m1/s1. The number of aliphatic hydroxyl groups is 1. The molecule has 7 heteroatoms. The second-order valence-corrected chi connectivity index (χ2v) is 7.76. The van der Waals surface area contributed by atoms with Crippen LogP contribution >= 0.6 is 0 Å². The third-order valence-electron chi connectivity index (χ3n) is 4.62. The number of fused-ring (bicyclic) bond motifs is 1. The number of hydrogen-bond acceptors (Lipinski definition) is 5. The maximum absolute atomic E-state index is 13.1. The molecule has 1 atom stereocenters. The highest BCUT2D eigenvalue weighted by Gasteiger charge is 2.24. The van der Waals surface area contributed by atoms with Gasteiger partial charge in [0, 0.05) is 19.1 Å². The van der Waals surface area contributed by atoms with Crippen LogP contribution < -0.4 is 10.9 Å². The topological polar surface area (TPSA) is 85.0 Å². The van der Waals surface area contributed by atoms with Crippen molar-refractivity contribution in [1.82, 2.24) is 19.1 Å². The molecule has 0 aliphatic heterocycles. The number of benzene rings is 1. The summed E-state index contributed by atoms with van der Waals surface area (Å²) in [6.45, 7) is 8.13. The Morgan fingerprint density at radius 1 is 1.22 bits per heavy atom. The molecule has 0 aliphatic rings. The summed E-state index contributed by atoms with van der Waals surface area (Å²) in [5.74, 6) is 1.20. The van der Waals surface area contributed by atoms with Gasteiger partial charge >= 0.3 is 0 Å². The van der Waals surface area contributed by atoms with E-state index in [1.54, 1.807) is 14.0 Å². The Morgan fingerprint density at radius 2 is 1.89 bits per heavy atom. The van der Waals surface area contributed by atoms with Crippen molar-refractivity contribution in [2.45, 2.75) is 52.3 Å². The number of nitrogens with one attached hydrogen (secondary N) is 1. The highest BCUT2D eigenvalue weighted by molar-refractivity contribution is 5.72. The Kier molecular flexibility index (Phi) is 5.06. The van der Waals surface area contributed by atoms with Gasteiger partial charge in [-0.25, -0.2) is 4.98 Å². The fourth-order valence-electron chi connectivity index (χ4n) is 3.43. The van der Waals surface area contributed by atoms with Crippen LogP contribution in [-0.2, 0) is 13.6 Å². The van der Waals surface area contributed by atoms with Crippen molar-refractivity contribution in [2.24, 2.45) is 7.05 Å². The van der Waals surface area contributed by atoms with Crippen molar-refractivity contribution in [3.63, 3.8) is 0 Å². The third kappa shape index (κ3) is 4.03. The molecule has 3 rings (SSSR count). The highest BCUT2D eigenvalue weighted by atomic mass is 16.3. The van der Waals surface area contributed by atoms with Crippen LogP contribution in [-0.4, -0.2) is 35.9 Å². The number of rotatable bonds is 6. The summed E-state index contributed by atoms with van der Waals surface area (Å²) in [6, 6.07) is 9.98. The smallest absolute Gasteiger partial charge is 0.280 e. The minimum absolute atomic E-state index is 0.146. The van der Waals surface area contributed by atoms with Crippen LogP contribution in [0.5, 0.6) is 0 Å². The molecule has 27 heavy (non-hydrogen) atoms. The van der Waals surface area contributed by atoms with Crippen LogP contribution in [0.25, 0.3) is 11.2 Å². The predicted molar refractivity (Wildman–Crippen MR) is 107 cm³/mol. The first-order chi connectivity index (χ1) is 12.7. The van der Waals surface area contributed by atoms with Gasteiger partial charge in [-0.2, -0.15) is 4.98 Å². The molecule has 7 nitrogen and oxygen atoms in total. The summed E-state index contributed by atoms with van der Waals surface area (Å²) in [7, 11) is 1.70. The molecule has 2 aromatic heterocycles. The van der Waals surface area contributed by atoms with Crippen molar-refractivity contribution < 1.29 is 5.11 Å². The van der Waals surface area contributed by atoms with Gasteiger partial charge in [0.15, 0.2) is 11.2 Å². The second kappa shape index (κ2) is 7.15. The Labute approximate surface area is 158 Å². The van der Waals surface area contributed by atoms with E-state index in [1.807, 2.05) is 55.7 Å². The molecule has 0 saturated heterocycles. The van der Waals surface area contributed by atoms with Gasteiger partial charge in [0.05, 0.1) is 6.10 Å². The molecule has 0 saturated carbocycles. The van der Waals surface area contributed by atoms with Gasteiger partial charge in [0.25, 0.3) is 5.56 Å². The normalized spacial score (nSPS) is 13.1. The number of aromatic nitrogens is 4. The van der Waals surface area contributed by atoms with Gasteiger partial charge < -0.3 is 15.0 Å². The molecule has 2 heterocycles. The van der Waals surface area contributed by atoms with Crippen molar-refractivity contribution in [2.75, 3.05) is 5.32 Å². The highest BCUT2D eigenvalue weighted by Crippen LogP contribution is 2.20. The quantitative estimate of drug-likeness (QED) is 0.697. The maximum atomic E-state index is 13.1. The lowest BCUT2D eigenvalue weighted by Gasteiger charge is -2.28. The molecule has 0 bridgehead atoms. The minimum atomic E-state index is -0.458. The monoisotopic (exact) mass is 369 g/mol. The van der Waals surface area contributed by atoms with Gasteiger partial charge in [0.2, 0.25) is 5.95 Å². The van der Waals surface area contributed by atoms with Crippen LogP contribution in [0.15, 0.2) is 35.1 Å². The lowest BCUT2D eigenvalue weighted by Crippen LogP contribution is -2.37. The Balaban J connectivity index is 2.05. The first-order valence-electron chi connectivity index (χ1n) is 9.12. The molecule has 0 fully saturated rings. The van der Waals surface area contributed by atoms with Gasteiger partial charge in [-0.3, -0.25) is 9.36 Å². The van der Waals surface area contributed by atoms with Gasteiger partial charge in [-0.15, -0.1) is 0 Å². The van der Waals surface area contributed by atoms with Crippen molar-refractivity contribution in [3.8, 4) is 0 Å². The van der Waals surface area contributed by atoms with Crippen LogP contribution in [0, 0.1) is 6.92 Å². The Hall–Kier alpha value is -2.67. The average molecular weight is 369 g/mol. The second-order valence-electron chi connectivity index (χ2n) is 7.76. The van der Waals surface area contributed by atoms with E-state index in [0.717, 1.165) is 11.4 Å². The van der Waals surface area contributed by atoms with Crippen molar-refractivity contribution in [1.29, 1.82) is 0 Å². The number of aryl methyl sites for hydroxylation is 1. The summed E-state index contributed by atoms with van der Waals surface area (Å²) in [5.41, 5.74) is 1.47. The number of aliphatic hydroxyl groups excluding tert-OH is 1. The fraction of sp³-hybridized carbons (Fsp3) is 0.450. The summed E-state index contributed by atoms with van der Waals surface area (Å²) in [4.78, 5) is 22.2. The molecule has 3 aromatic rings. The number of nitrogens with zero attached hydrogens (tertiary/aromatic N) is 4. The van der Waals surface area contributed by atoms with E-state index in [0.29, 0.717) is 30.1 Å². The first-order valence-corrected chi connectivity index (χ1v) is 9.12. The first kappa shape index (κ1) is 19.1. The van der Waals surface area contributed by atoms with E-state index < -0.39 is 11.6 Å². The largest absolute Gasteiger partial charge is 0.393 e. The summed E-state index contributed by atoms with van der Waals surface area (Å²) < 4.78 is 3.42. The lowest BCUT2D eigenvalue weighted by molar-refractivity contribution is 0.163. The fourth-order valence-corrected chi connectivity index (χ4v) is 3.43. The van der Waals surface area contributed by atoms with Gasteiger partial charge in [-0.1, -0.05) is 30.3 Å².